The van der Waals surface area contributed by atoms with Crippen molar-refractivity contribution >= 4 is 11.6 Å². The van der Waals surface area contributed by atoms with Crippen LogP contribution >= 0.6 is 11.6 Å². The van der Waals surface area contributed by atoms with E-state index >= 15 is 0 Å². The lowest BCUT2D eigenvalue weighted by atomic mass is 10.1. The van der Waals surface area contributed by atoms with Crippen LogP contribution in [0.15, 0.2) is 0 Å². The van der Waals surface area contributed by atoms with Crippen molar-refractivity contribution < 1.29 is 0 Å². The Balaban J connectivity index is 1.51. The molecule has 1 aromatic heterocycles. The van der Waals surface area contributed by atoms with Crippen LogP contribution in [0.5, 0.6) is 0 Å². The molecule has 1 saturated carbocycles. The second kappa shape index (κ2) is 6.27. The van der Waals surface area contributed by atoms with E-state index in [9.17, 15) is 0 Å². The number of rotatable bonds is 6. The van der Waals surface area contributed by atoms with Gasteiger partial charge in [-0.25, -0.2) is 0 Å². The first kappa shape index (κ1) is 15.3. The van der Waals surface area contributed by atoms with Gasteiger partial charge in [0.15, 0.2) is 0 Å². The van der Waals surface area contributed by atoms with Crippen LogP contribution in [0.2, 0.25) is 5.15 Å². The highest BCUT2D eigenvalue weighted by atomic mass is 35.5. The first-order valence-electron chi connectivity index (χ1n) is 8.22. The lowest BCUT2D eigenvalue weighted by molar-refractivity contribution is 0.312. The molecule has 1 atom stereocenters. The summed E-state index contributed by atoms with van der Waals surface area (Å²) in [6.45, 7) is 8.84. The zero-order valence-corrected chi connectivity index (χ0v) is 14.2. The largest absolute Gasteiger partial charge is 0.312 e. The van der Waals surface area contributed by atoms with E-state index in [-0.39, 0.29) is 0 Å². The minimum atomic E-state index is 0.414. The van der Waals surface area contributed by atoms with Gasteiger partial charge < -0.3 is 10.2 Å². The molecule has 1 aliphatic carbocycles. The topological polar surface area (TPSA) is 33.1 Å². The number of aromatic nitrogens is 2. The van der Waals surface area contributed by atoms with Gasteiger partial charge in [0, 0.05) is 31.7 Å². The molecule has 5 heteroatoms. The van der Waals surface area contributed by atoms with Gasteiger partial charge in [0.2, 0.25) is 0 Å². The van der Waals surface area contributed by atoms with Crippen molar-refractivity contribution in [3.8, 4) is 0 Å². The Kier molecular flexibility index (Phi) is 4.57. The molecule has 3 rings (SSSR count). The summed E-state index contributed by atoms with van der Waals surface area (Å²) >= 11 is 6.38. The van der Waals surface area contributed by atoms with Crippen LogP contribution in [-0.4, -0.2) is 40.4 Å². The molecular formula is C16H27ClN4. The lowest BCUT2D eigenvalue weighted by Crippen LogP contribution is -2.27. The molecule has 1 aromatic rings. The van der Waals surface area contributed by atoms with Crippen molar-refractivity contribution in [1.82, 2.24) is 20.0 Å². The van der Waals surface area contributed by atoms with E-state index in [0.29, 0.717) is 5.92 Å². The Labute approximate surface area is 132 Å². The highest BCUT2D eigenvalue weighted by molar-refractivity contribution is 6.30. The van der Waals surface area contributed by atoms with Crippen molar-refractivity contribution in [2.45, 2.75) is 51.6 Å². The number of nitrogens with zero attached hydrogens (tertiary/aromatic N) is 3. The van der Waals surface area contributed by atoms with Gasteiger partial charge in [0.05, 0.1) is 5.69 Å². The van der Waals surface area contributed by atoms with Crippen molar-refractivity contribution in [2.24, 2.45) is 13.0 Å². The monoisotopic (exact) mass is 310 g/mol. The fourth-order valence-electron chi connectivity index (χ4n) is 3.40. The maximum Gasteiger partial charge on any atom is 0.131 e. The standard InChI is InChI=1S/C16H27ClN4/c1-11(2)15-14(16(17)20(3)19-15)9-18-8-12-6-7-21(10-12)13-4-5-13/h11-13,18H,4-10H2,1-3H3. The molecule has 1 saturated heterocycles. The molecule has 1 aliphatic heterocycles. The van der Waals surface area contributed by atoms with Crippen LogP contribution in [0, 0.1) is 5.92 Å². The molecule has 118 valence electrons. The summed E-state index contributed by atoms with van der Waals surface area (Å²) in [7, 11) is 1.92. The average Bonchev–Trinajstić information content (AvgIpc) is 3.13. The molecule has 0 spiro atoms. The maximum absolute atomic E-state index is 6.38. The molecule has 2 heterocycles. The molecule has 2 fully saturated rings. The first-order valence-corrected chi connectivity index (χ1v) is 8.60. The van der Waals surface area contributed by atoms with E-state index in [1.54, 1.807) is 4.68 Å². The molecule has 21 heavy (non-hydrogen) atoms. The van der Waals surface area contributed by atoms with Gasteiger partial charge in [-0.3, -0.25) is 4.68 Å². The lowest BCUT2D eigenvalue weighted by Gasteiger charge is -2.15. The summed E-state index contributed by atoms with van der Waals surface area (Å²) < 4.78 is 1.79. The predicted octanol–water partition coefficient (Wildman–Crippen LogP) is 2.77. The van der Waals surface area contributed by atoms with Gasteiger partial charge in [-0.05, 0) is 44.2 Å². The quantitative estimate of drug-likeness (QED) is 0.877. The summed E-state index contributed by atoms with van der Waals surface area (Å²) in [6, 6.07) is 0.912. The van der Waals surface area contributed by atoms with Crippen LogP contribution < -0.4 is 5.32 Å². The van der Waals surface area contributed by atoms with Crippen LogP contribution in [0.4, 0.5) is 0 Å². The molecule has 0 aromatic carbocycles. The number of likely N-dealkylation sites (tertiary alicyclic amines) is 1. The highest BCUT2D eigenvalue weighted by Crippen LogP contribution is 2.31. The van der Waals surface area contributed by atoms with Gasteiger partial charge >= 0.3 is 0 Å². The van der Waals surface area contributed by atoms with Crippen molar-refractivity contribution in [3.05, 3.63) is 16.4 Å². The number of halogens is 1. The molecular weight excluding hydrogens is 284 g/mol. The van der Waals surface area contributed by atoms with Gasteiger partial charge in [0.1, 0.15) is 5.15 Å². The number of hydrogen-bond donors (Lipinski definition) is 1. The Morgan fingerprint density at radius 2 is 2.10 bits per heavy atom. The minimum Gasteiger partial charge on any atom is -0.312 e. The molecule has 2 aliphatic rings. The van der Waals surface area contributed by atoms with E-state index in [1.807, 2.05) is 7.05 Å². The van der Waals surface area contributed by atoms with Crippen LogP contribution in [-0.2, 0) is 13.6 Å². The number of aryl methyl sites for hydroxylation is 1. The second-order valence-electron chi connectivity index (χ2n) is 6.94. The zero-order chi connectivity index (χ0) is 15.0. The van der Waals surface area contributed by atoms with Gasteiger partial charge in [-0.2, -0.15) is 5.10 Å². The third kappa shape index (κ3) is 3.43. The second-order valence-corrected chi connectivity index (χ2v) is 7.30. The zero-order valence-electron chi connectivity index (χ0n) is 13.4. The summed E-state index contributed by atoms with van der Waals surface area (Å²) in [4.78, 5) is 2.67. The predicted molar refractivity (Wildman–Crippen MR) is 86.7 cm³/mol. The van der Waals surface area contributed by atoms with Crippen molar-refractivity contribution in [2.75, 3.05) is 19.6 Å². The Morgan fingerprint density at radius 1 is 1.33 bits per heavy atom. The minimum absolute atomic E-state index is 0.414. The average molecular weight is 311 g/mol. The molecule has 4 nitrogen and oxygen atoms in total. The van der Waals surface area contributed by atoms with Crippen LogP contribution in [0.1, 0.15) is 50.3 Å². The number of hydrogen-bond acceptors (Lipinski definition) is 3. The molecule has 0 radical (unpaired) electrons. The van der Waals surface area contributed by atoms with E-state index in [1.165, 1.54) is 37.9 Å². The van der Waals surface area contributed by atoms with Gasteiger partial charge in [-0.15, -0.1) is 0 Å². The van der Waals surface area contributed by atoms with E-state index in [2.05, 4.69) is 29.2 Å². The molecule has 0 bridgehead atoms. The van der Waals surface area contributed by atoms with E-state index in [0.717, 1.165) is 35.9 Å². The Hall–Kier alpha value is -0.580. The fourth-order valence-corrected chi connectivity index (χ4v) is 3.60. The summed E-state index contributed by atoms with van der Waals surface area (Å²) in [5.74, 6) is 1.21. The molecule has 1 N–H and O–H groups in total. The fraction of sp³-hybridized carbons (Fsp3) is 0.812. The number of nitrogens with one attached hydrogen (secondary N) is 1. The SMILES string of the molecule is CC(C)c1nn(C)c(Cl)c1CNCC1CCN(C2CC2)C1. The third-order valence-corrected chi connectivity index (χ3v) is 5.24. The maximum atomic E-state index is 6.38. The molecule has 1 unspecified atom stereocenters. The summed E-state index contributed by atoms with van der Waals surface area (Å²) in [6.07, 6.45) is 4.17. The summed E-state index contributed by atoms with van der Waals surface area (Å²) in [5.41, 5.74) is 2.30. The highest BCUT2D eigenvalue weighted by Gasteiger charge is 2.34. The van der Waals surface area contributed by atoms with Gasteiger partial charge in [-0.1, -0.05) is 25.4 Å². The van der Waals surface area contributed by atoms with Crippen molar-refractivity contribution in [3.63, 3.8) is 0 Å². The normalized spacial score (nSPS) is 23.4. The molecule has 0 amide bonds. The smallest absolute Gasteiger partial charge is 0.131 e. The Bertz CT molecular complexity index is 493. The third-order valence-electron chi connectivity index (χ3n) is 4.76. The van der Waals surface area contributed by atoms with Gasteiger partial charge in [0.25, 0.3) is 0 Å². The summed E-state index contributed by atoms with van der Waals surface area (Å²) in [5, 5.41) is 8.92. The first-order chi connectivity index (χ1) is 10.1. The van der Waals surface area contributed by atoms with Crippen LogP contribution in [0.3, 0.4) is 0 Å². The van der Waals surface area contributed by atoms with Crippen LogP contribution in [0.25, 0.3) is 0 Å². The van der Waals surface area contributed by atoms with Crippen molar-refractivity contribution in [1.29, 1.82) is 0 Å². The Morgan fingerprint density at radius 3 is 2.76 bits per heavy atom. The van der Waals surface area contributed by atoms with E-state index < -0.39 is 0 Å². The van der Waals surface area contributed by atoms with E-state index in [4.69, 9.17) is 11.6 Å².